The van der Waals surface area contributed by atoms with Crippen LogP contribution in [0.4, 0.5) is 0 Å². The number of carboxylic acids is 1. The first-order valence-corrected chi connectivity index (χ1v) is 7.81. The standard InChI is InChI=1S/C17H23NO4/c1-2-22-15-4-3-11-18(12-15)16(19)10-7-13-5-8-14(9-6-13)17(20)21/h5-6,8-9,15H,2-4,7,10-12H2,1H3,(H,20,21). The van der Waals surface area contributed by atoms with Crippen molar-refractivity contribution in [3.63, 3.8) is 0 Å². The van der Waals surface area contributed by atoms with Crippen molar-refractivity contribution < 1.29 is 19.4 Å². The number of aryl methyl sites for hydroxylation is 1. The van der Waals surface area contributed by atoms with Crippen LogP contribution in [0.25, 0.3) is 0 Å². The van der Waals surface area contributed by atoms with Crippen molar-refractivity contribution in [3.05, 3.63) is 35.4 Å². The maximum atomic E-state index is 12.3. The van der Waals surface area contributed by atoms with Crippen molar-refractivity contribution in [1.82, 2.24) is 4.90 Å². The van der Waals surface area contributed by atoms with Gasteiger partial charge in [-0.05, 0) is 43.9 Å². The van der Waals surface area contributed by atoms with Crippen LogP contribution in [0.1, 0.15) is 42.1 Å². The molecule has 1 heterocycles. The van der Waals surface area contributed by atoms with Gasteiger partial charge in [-0.25, -0.2) is 4.79 Å². The lowest BCUT2D eigenvalue weighted by Gasteiger charge is -2.32. The third-order valence-electron chi connectivity index (χ3n) is 3.96. The maximum absolute atomic E-state index is 12.3. The molecule has 1 fully saturated rings. The third-order valence-corrected chi connectivity index (χ3v) is 3.96. The fourth-order valence-electron chi connectivity index (χ4n) is 2.76. The Kier molecular flexibility index (Phi) is 5.95. The quantitative estimate of drug-likeness (QED) is 0.876. The van der Waals surface area contributed by atoms with E-state index in [1.807, 2.05) is 11.8 Å². The van der Waals surface area contributed by atoms with Crippen LogP contribution >= 0.6 is 0 Å². The van der Waals surface area contributed by atoms with E-state index < -0.39 is 5.97 Å². The van der Waals surface area contributed by atoms with Gasteiger partial charge in [0.05, 0.1) is 11.7 Å². The Morgan fingerprint density at radius 2 is 2.05 bits per heavy atom. The van der Waals surface area contributed by atoms with E-state index in [4.69, 9.17) is 9.84 Å². The number of benzene rings is 1. The van der Waals surface area contributed by atoms with Crippen LogP contribution in [0.15, 0.2) is 24.3 Å². The molecule has 22 heavy (non-hydrogen) atoms. The average molecular weight is 305 g/mol. The van der Waals surface area contributed by atoms with Gasteiger partial charge in [-0.1, -0.05) is 12.1 Å². The molecule has 0 bridgehead atoms. The number of rotatable bonds is 6. The number of nitrogens with zero attached hydrogens (tertiary/aromatic N) is 1. The van der Waals surface area contributed by atoms with E-state index in [1.54, 1.807) is 24.3 Å². The number of carboxylic acid groups (broad SMARTS) is 1. The summed E-state index contributed by atoms with van der Waals surface area (Å²) >= 11 is 0. The minimum Gasteiger partial charge on any atom is -0.478 e. The SMILES string of the molecule is CCOC1CCCN(C(=O)CCc2ccc(C(=O)O)cc2)C1. The number of likely N-dealkylation sites (tertiary alicyclic amines) is 1. The van der Waals surface area contributed by atoms with Crippen molar-refractivity contribution in [2.45, 2.75) is 38.7 Å². The largest absolute Gasteiger partial charge is 0.478 e. The fraction of sp³-hybridized carbons (Fsp3) is 0.529. The van der Waals surface area contributed by atoms with Crippen molar-refractivity contribution in [3.8, 4) is 0 Å². The highest BCUT2D eigenvalue weighted by Gasteiger charge is 2.23. The van der Waals surface area contributed by atoms with Crippen LogP contribution < -0.4 is 0 Å². The molecule has 0 radical (unpaired) electrons. The van der Waals surface area contributed by atoms with Crippen LogP contribution in [0.2, 0.25) is 0 Å². The molecule has 0 saturated carbocycles. The van der Waals surface area contributed by atoms with Gasteiger partial charge < -0.3 is 14.7 Å². The summed E-state index contributed by atoms with van der Waals surface area (Å²) in [6.45, 7) is 4.15. The monoisotopic (exact) mass is 305 g/mol. The second-order valence-electron chi connectivity index (χ2n) is 5.56. The number of amides is 1. The Labute approximate surface area is 130 Å². The van der Waals surface area contributed by atoms with E-state index in [0.717, 1.165) is 24.9 Å². The predicted molar refractivity (Wildman–Crippen MR) is 83.0 cm³/mol. The number of ether oxygens (including phenoxy) is 1. The molecule has 1 aliphatic rings. The summed E-state index contributed by atoms with van der Waals surface area (Å²) in [6, 6.07) is 6.70. The number of aromatic carboxylic acids is 1. The van der Waals surface area contributed by atoms with Crippen molar-refractivity contribution in [1.29, 1.82) is 0 Å². The van der Waals surface area contributed by atoms with Gasteiger partial charge in [-0.15, -0.1) is 0 Å². The molecule has 5 nitrogen and oxygen atoms in total. The maximum Gasteiger partial charge on any atom is 0.335 e. The molecular formula is C17H23NO4. The van der Waals surface area contributed by atoms with E-state index in [1.165, 1.54) is 0 Å². The Balaban J connectivity index is 1.83. The summed E-state index contributed by atoms with van der Waals surface area (Å²) < 4.78 is 5.61. The second kappa shape index (κ2) is 7.94. The predicted octanol–water partition coefficient (Wildman–Crippen LogP) is 2.34. The molecule has 1 unspecified atom stereocenters. The molecule has 5 heteroatoms. The molecule has 2 rings (SSSR count). The van der Waals surface area contributed by atoms with E-state index >= 15 is 0 Å². The zero-order chi connectivity index (χ0) is 15.9. The average Bonchev–Trinajstić information content (AvgIpc) is 2.53. The number of hydrogen-bond acceptors (Lipinski definition) is 3. The van der Waals surface area contributed by atoms with Gasteiger partial charge in [-0.3, -0.25) is 4.79 Å². The molecule has 1 atom stereocenters. The lowest BCUT2D eigenvalue weighted by Crippen LogP contribution is -2.43. The number of piperidine rings is 1. The van der Waals surface area contributed by atoms with Gasteiger partial charge in [0.15, 0.2) is 0 Å². The molecule has 1 N–H and O–H groups in total. The van der Waals surface area contributed by atoms with E-state index in [0.29, 0.717) is 26.0 Å². The molecular weight excluding hydrogens is 282 g/mol. The Morgan fingerprint density at radius 1 is 1.32 bits per heavy atom. The summed E-state index contributed by atoms with van der Waals surface area (Å²) in [6.07, 6.45) is 3.26. The molecule has 0 aliphatic carbocycles. The lowest BCUT2D eigenvalue weighted by molar-refractivity contribution is -0.135. The summed E-state index contributed by atoms with van der Waals surface area (Å²) in [7, 11) is 0. The molecule has 0 aromatic heterocycles. The van der Waals surface area contributed by atoms with Crippen LogP contribution in [0.5, 0.6) is 0 Å². The lowest BCUT2D eigenvalue weighted by atomic mass is 10.0. The highest BCUT2D eigenvalue weighted by atomic mass is 16.5. The van der Waals surface area contributed by atoms with Gasteiger partial charge in [0.2, 0.25) is 5.91 Å². The zero-order valence-corrected chi connectivity index (χ0v) is 13.0. The molecule has 1 aromatic carbocycles. The zero-order valence-electron chi connectivity index (χ0n) is 13.0. The van der Waals surface area contributed by atoms with Crippen molar-refractivity contribution >= 4 is 11.9 Å². The minimum atomic E-state index is -0.932. The molecule has 1 amide bonds. The Morgan fingerprint density at radius 3 is 2.68 bits per heavy atom. The first kappa shape index (κ1) is 16.5. The van der Waals surface area contributed by atoms with Crippen LogP contribution in [-0.4, -0.2) is 47.7 Å². The Hall–Kier alpha value is -1.88. The molecule has 1 aromatic rings. The first-order chi connectivity index (χ1) is 10.6. The summed E-state index contributed by atoms with van der Waals surface area (Å²) in [4.78, 5) is 25.0. The normalized spacial score (nSPS) is 18.2. The highest BCUT2D eigenvalue weighted by Crippen LogP contribution is 2.15. The van der Waals surface area contributed by atoms with Crippen molar-refractivity contribution in [2.75, 3.05) is 19.7 Å². The van der Waals surface area contributed by atoms with Gasteiger partial charge in [0, 0.05) is 26.1 Å². The fourth-order valence-corrected chi connectivity index (χ4v) is 2.76. The van der Waals surface area contributed by atoms with Gasteiger partial charge in [0.25, 0.3) is 0 Å². The third kappa shape index (κ3) is 4.56. The molecule has 120 valence electrons. The first-order valence-electron chi connectivity index (χ1n) is 7.81. The van der Waals surface area contributed by atoms with Crippen molar-refractivity contribution in [2.24, 2.45) is 0 Å². The van der Waals surface area contributed by atoms with E-state index in [2.05, 4.69) is 0 Å². The van der Waals surface area contributed by atoms with Crippen LogP contribution in [0, 0.1) is 0 Å². The van der Waals surface area contributed by atoms with Gasteiger partial charge in [-0.2, -0.15) is 0 Å². The summed E-state index contributed by atoms with van der Waals surface area (Å²) in [5.74, 6) is -0.787. The smallest absolute Gasteiger partial charge is 0.335 e. The topological polar surface area (TPSA) is 66.8 Å². The molecule has 0 spiro atoms. The number of carbonyl (C=O) groups excluding carboxylic acids is 1. The minimum absolute atomic E-state index is 0.145. The summed E-state index contributed by atoms with van der Waals surface area (Å²) in [5.41, 5.74) is 1.25. The van der Waals surface area contributed by atoms with Gasteiger partial charge in [0.1, 0.15) is 0 Å². The molecule has 1 aliphatic heterocycles. The molecule has 1 saturated heterocycles. The Bertz CT molecular complexity index is 510. The van der Waals surface area contributed by atoms with E-state index in [-0.39, 0.29) is 17.6 Å². The van der Waals surface area contributed by atoms with Crippen LogP contribution in [-0.2, 0) is 16.0 Å². The summed E-state index contributed by atoms with van der Waals surface area (Å²) in [5, 5.41) is 8.86. The number of carbonyl (C=O) groups is 2. The highest BCUT2D eigenvalue weighted by molar-refractivity contribution is 5.87. The van der Waals surface area contributed by atoms with Gasteiger partial charge >= 0.3 is 5.97 Å². The van der Waals surface area contributed by atoms with Crippen LogP contribution in [0.3, 0.4) is 0 Å². The number of hydrogen-bond donors (Lipinski definition) is 1. The second-order valence-corrected chi connectivity index (χ2v) is 5.56. The van der Waals surface area contributed by atoms with E-state index in [9.17, 15) is 9.59 Å².